The number of nitrogens with two attached hydrogens (primary N) is 1. The number of anilines is 1. The van der Waals surface area contributed by atoms with Gasteiger partial charge in [-0.1, -0.05) is 11.6 Å². The highest BCUT2D eigenvalue weighted by atomic mass is 35.5. The van der Waals surface area contributed by atoms with Crippen LogP contribution in [-0.2, 0) is 0 Å². The van der Waals surface area contributed by atoms with Crippen molar-refractivity contribution in [2.45, 2.75) is 19.2 Å². The van der Waals surface area contributed by atoms with Crippen LogP contribution in [0.4, 0.5) is 19.1 Å². The van der Waals surface area contributed by atoms with E-state index in [0.29, 0.717) is 0 Å². The summed E-state index contributed by atoms with van der Waals surface area (Å²) in [6, 6.07) is 0. The van der Waals surface area contributed by atoms with E-state index in [1.54, 1.807) is 0 Å². The lowest BCUT2D eigenvalue weighted by Crippen LogP contribution is -2.31. The average molecular weight is 257 g/mol. The molecule has 9 heteroatoms. The number of ether oxygens (including phenoxy) is 1. The van der Waals surface area contributed by atoms with Crippen molar-refractivity contribution in [3.8, 4) is 5.88 Å². The number of nitrogens with one attached hydrogen (secondary N) is 1. The van der Waals surface area contributed by atoms with Crippen LogP contribution in [0.1, 0.15) is 6.92 Å². The number of hydrazine groups is 1. The molecule has 0 spiro atoms. The Bertz CT molecular complexity index is 373. The summed E-state index contributed by atoms with van der Waals surface area (Å²) in [4.78, 5) is 7.13. The van der Waals surface area contributed by atoms with Crippen molar-refractivity contribution in [3.05, 3.63) is 11.2 Å². The van der Waals surface area contributed by atoms with Gasteiger partial charge in [0.15, 0.2) is 6.10 Å². The van der Waals surface area contributed by atoms with Gasteiger partial charge in [-0.15, -0.1) is 0 Å². The highest BCUT2D eigenvalue weighted by molar-refractivity contribution is 6.31. The van der Waals surface area contributed by atoms with Gasteiger partial charge in [0.2, 0.25) is 11.8 Å². The molecule has 0 radical (unpaired) electrons. The summed E-state index contributed by atoms with van der Waals surface area (Å²) in [5, 5.41) is -0.130. The lowest BCUT2D eigenvalue weighted by molar-refractivity contribution is -0.189. The number of nitrogen functional groups attached to an aromatic ring is 1. The highest BCUT2D eigenvalue weighted by Gasteiger charge is 2.38. The average Bonchev–Trinajstić information content (AvgIpc) is 2.19. The Balaban J connectivity index is 2.88. The summed E-state index contributed by atoms with van der Waals surface area (Å²) in [6.07, 6.45) is -5.43. The third-order valence-electron chi connectivity index (χ3n) is 1.59. The lowest BCUT2D eigenvalue weighted by atomic mass is 10.4. The molecule has 1 aromatic heterocycles. The zero-order valence-corrected chi connectivity index (χ0v) is 8.80. The van der Waals surface area contributed by atoms with Gasteiger partial charge >= 0.3 is 6.18 Å². The number of rotatable bonds is 3. The Hall–Kier alpha value is -1.28. The van der Waals surface area contributed by atoms with Crippen LogP contribution in [0.5, 0.6) is 5.88 Å². The van der Waals surface area contributed by atoms with Crippen LogP contribution in [0.2, 0.25) is 5.02 Å². The molecule has 3 N–H and O–H groups in total. The van der Waals surface area contributed by atoms with Crippen molar-refractivity contribution in [3.63, 3.8) is 0 Å². The molecule has 5 nitrogen and oxygen atoms in total. The second kappa shape index (κ2) is 4.71. The smallest absolute Gasteiger partial charge is 0.425 e. The number of hydrogen-bond donors (Lipinski definition) is 2. The molecule has 1 unspecified atom stereocenters. The summed E-state index contributed by atoms with van der Waals surface area (Å²) in [7, 11) is 0. The van der Waals surface area contributed by atoms with E-state index >= 15 is 0 Å². The molecular weight excluding hydrogens is 249 g/mol. The van der Waals surface area contributed by atoms with Gasteiger partial charge in [0.25, 0.3) is 0 Å². The molecule has 1 atom stereocenters. The minimum absolute atomic E-state index is 0.0891. The van der Waals surface area contributed by atoms with Crippen molar-refractivity contribution in [2.24, 2.45) is 5.84 Å². The molecule has 0 saturated heterocycles. The second-order valence-electron chi connectivity index (χ2n) is 2.79. The molecule has 0 saturated carbocycles. The first-order valence-electron chi connectivity index (χ1n) is 4.07. The summed E-state index contributed by atoms with van der Waals surface area (Å²) >= 11 is 5.56. The predicted octanol–water partition coefficient (Wildman–Crippen LogP) is 1.75. The van der Waals surface area contributed by atoms with E-state index in [9.17, 15) is 13.2 Å². The minimum atomic E-state index is -4.50. The van der Waals surface area contributed by atoms with Crippen LogP contribution in [0.25, 0.3) is 0 Å². The number of hydrogen-bond acceptors (Lipinski definition) is 5. The Morgan fingerprint density at radius 1 is 1.56 bits per heavy atom. The highest BCUT2D eigenvalue weighted by Crippen LogP contribution is 2.28. The minimum Gasteiger partial charge on any atom is -0.464 e. The first-order chi connectivity index (χ1) is 7.34. The van der Waals surface area contributed by atoms with E-state index < -0.39 is 12.3 Å². The van der Waals surface area contributed by atoms with Crippen molar-refractivity contribution >= 4 is 17.5 Å². The zero-order chi connectivity index (χ0) is 12.3. The molecule has 0 fully saturated rings. The first kappa shape index (κ1) is 12.8. The standard InChI is InChI=1S/C7H8ClF3N4O/c1-3(7(9,10)11)16-5-4(8)2-13-6(14-5)15-12/h2-3H,12H2,1H3,(H,13,14,15). The van der Waals surface area contributed by atoms with E-state index in [2.05, 4.69) is 20.1 Å². The van der Waals surface area contributed by atoms with Gasteiger partial charge in [0.05, 0.1) is 6.20 Å². The third-order valence-corrected chi connectivity index (χ3v) is 1.85. The number of aromatic nitrogens is 2. The van der Waals surface area contributed by atoms with Crippen molar-refractivity contribution < 1.29 is 17.9 Å². The molecule has 1 rings (SSSR count). The lowest BCUT2D eigenvalue weighted by Gasteiger charge is -2.17. The Morgan fingerprint density at radius 3 is 2.69 bits per heavy atom. The monoisotopic (exact) mass is 256 g/mol. The maximum Gasteiger partial charge on any atom is 0.425 e. The summed E-state index contributed by atoms with van der Waals surface area (Å²) in [5.41, 5.74) is 2.06. The molecule has 1 aromatic rings. The molecule has 90 valence electrons. The third kappa shape index (κ3) is 3.11. The SMILES string of the molecule is CC(Oc1nc(NN)ncc1Cl)C(F)(F)F. The quantitative estimate of drug-likeness (QED) is 0.637. The van der Waals surface area contributed by atoms with E-state index in [4.69, 9.17) is 17.4 Å². The van der Waals surface area contributed by atoms with Crippen LogP contribution in [0.15, 0.2) is 6.20 Å². The second-order valence-corrected chi connectivity index (χ2v) is 3.20. The number of nitrogens with zero attached hydrogens (tertiary/aromatic N) is 2. The van der Waals surface area contributed by atoms with E-state index in [-0.39, 0.29) is 16.9 Å². The van der Waals surface area contributed by atoms with Crippen molar-refractivity contribution in [2.75, 3.05) is 5.43 Å². The maximum absolute atomic E-state index is 12.2. The Labute approximate surface area is 93.7 Å². The normalized spacial score (nSPS) is 13.4. The molecular formula is C7H8ClF3N4O. The van der Waals surface area contributed by atoms with E-state index in [0.717, 1.165) is 13.1 Å². The molecule has 0 aliphatic heterocycles. The van der Waals surface area contributed by atoms with Gasteiger partial charge in [-0.3, -0.25) is 5.43 Å². The molecule has 1 heterocycles. The molecule has 0 aliphatic rings. The van der Waals surface area contributed by atoms with Crippen LogP contribution in [0, 0.1) is 0 Å². The van der Waals surface area contributed by atoms with Crippen LogP contribution >= 0.6 is 11.6 Å². The van der Waals surface area contributed by atoms with Crippen LogP contribution < -0.4 is 16.0 Å². The van der Waals surface area contributed by atoms with E-state index in [1.807, 2.05) is 0 Å². The number of alkyl halides is 3. The fourth-order valence-electron chi connectivity index (χ4n) is 0.738. The zero-order valence-electron chi connectivity index (χ0n) is 8.05. The maximum atomic E-state index is 12.2. The van der Waals surface area contributed by atoms with Gasteiger partial charge in [0.1, 0.15) is 5.02 Å². The van der Waals surface area contributed by atoms with Crippen LogP contribution in [-0.4, -0.2) is 22.2 Å². The Kier molecular flexibility index (Phi) is 3.76. The van der Waals surface area contributed by atoms with Gasteiger partial charge in [-0.05, 0) is 6.92 Å². The Morgan fingerprint density at radius 2 is 2.19 bits per heavy atom. The fraction of sp³-hybridized carbons (Fsp3) is 0.429. The molecule has 0 amide bonds. The molecule has 16 heavy (non-hydrogen) atoms. The van der Waals surface area contributed by atoms with Gasteiger partial charge in [-0.25, -0.2) is 10.8 Å². The van der Waals surface area contributed by atoms with Gasteiger partial charge in [-0.2, -0.15) is 18.2 Å². The van der Waals surface area contributed by atoms with Crippen LogP contribution in [0.3, 0.4) is 0 Å². The van der Waals surface area contributed by atoms with Crippen molar-refractivity contribution in [1.82, 2.24) is 9.97 Å². The predicted molar refractivity (Wildman–Crippen MR) is 51.0 cm³/mol. The molecule has 0 aromatic carbocycles. The first-order valence-corrected chi connectivity index (χ1v) is 4.45. The summed E-state index contributed by atoms with van der Waals surface area (Å²) < 4.78 is 41.1. The summed E-state index contributed by atoms with van der Waals surface area (Å²) in [6.45, 7) is 0.841. The fourth-order valence-corrected chi connectivity index (χ4v) is 0.874. The van der Waals surface area contributed by atoms with Crippen molar-refractivity contribution in [1.29, 1.82) is 0 Å². The molecule has 0 bridgehead atoms. The van der Waals surface area contributed by atoms with Gasteiger partial charge < -0.3 is 4.74 Å². The van der Waals surface area contributed by atoms with Gasteiger partial charge in [0, 0.05) is 0 Å². The largest absolute Gasteiger partial charge is 0.464 e. The number of halogens is 4. The summed E-state index contributed by atoms with van der Waals surface area (Å²) in [5.74, 6) is 4.52. The topological polar surface area (TPSA) is 73.1 Å². The van der Waals surface area contributed by atoms with E-state index in [1.165, 1.54) is 0 Å². The molecule has 0 aliphatic carbocycles.